The molecule has 106 valence electrons. The number of hydrogen-bond donors (Lipinski definition) is 0. The molecule has 1 heterocycles. The molecule has 0 bridgehead atoms. The van der Waals surface area contributed by atoms with E-state index in [0.29, 0.717) is 11.0 Å². The molecule has 1 aromatic carbocycles. The number of hydrogen-bond acceptors (Lipinski definition) is 3. The van der Waals surface area contributed by atoms with Gasteiger partial charge in [0.25, 0.3) is 0 Å². The van der Waals surface area contributed by atoms with Crippen molar-refractivity contribution in [2.24, 2.45) is 0 Å². The van der Waals surface area contributed by atoms with Crippen molar-refractivity contribution >= 4 is 11.6 Å². The summed E-state index contributed by atoms with van der Waals surface area (Å²) in [4.78, 5) is 8.74. The SMILES string of the molecule is CCCc1nc(Cl)c(C)c(Oc2ccc(C)cc2C)n1. The van der Waals surface area contributed by atoms with Crippen LogP contribution in [0, 0.1) is 20.8 Å². The van der Waals surface area contributed by atoms with Crippen LogP contribution < -0.4 is 4.74 Å². The zero-order valence-corrected chi connectivity index (χ0v) is 13.1. The van der Waals surface area contributed by atoms with Gasteiger partial charge in [-0.1, -0.05) is 36.2 Å². The lowest BCUT2D eigenvalue weighted by Gasteiger charge is -2.12. The summed E-state index contributed by atoms with van der Waals surface area (Å²) in [7, 11) is 0. The minimum atomic E-state index is 0.461. The third-order valence-electron chi connectivity index (χ3n) is 3.10. The third kappa shape index (κ3) is 3.28. The summed E-state index contributed by atoms with van der Waals surface area (Å²) in [5, 5.41) is 0.461. The van der Waals surface area contributed by atoms with Crippen LogP contribution in [-0.4, -0.2) is 9.97 Å². The zero-order valence-electron chi connectivity index (χ0n) is 12.3. The molecule has 0 radical (unpaired) electrons. The molecular formula is C16H19ClN2O. The number of benzene rings is 1. The fraction of sp³-hybridized carbons (Fsp3) is 0.375. The Labute approximate surface area is 125 Å². The largest absolute Gasteiger partial charge is 0.438 e. The van der Waals surface area contributed by atoms with Gasteiger partial charge in [0.1, 0.15) is 16.7 Å². The molecule has 0 atom stereocenters. The highest BCUT2D eigenvalue weighted by atomic mass is 35.5. The molecule has 2 rings (SSSR count). The van der Waals surface area contributed by atoms with Crippen LogP contribution in [0.15, 0.2) is 18.2 Å². The van der Waals surface area contributed by atoms with E-state index in [2.05, 4.69) is 29.9 Å². The first kappa shape index (κ1) is 14.8. The molecule has 4 heteroatoms. The standard InChI is InChI=1S/C16H19ClN2O/c1-5-6-14-18-15(17)12(4)16(19-14)20-13-8-7-10(2)9-11(13)3/h7-9H,5-6H2,1-4H3. The fourth-order valence-corrected chi connectivity index (χ4v) is 2.14. The summed E-state index contributed by atoms with van der Waals surface area (Å²) in [6.45, 7) is 8.04. The molecule has 0 saturated carbocycles. The quantitative estimate of drug-likeness (QED) is 0.759. The third-order valence-corrected chi connectivity index (χ3v) is 3.47. The zero-order chi connectivity index (χ0) is 14.7. The molecule has 0 unspecified atom stereocenters. The van der Waals surface area contributed by atoms with Crippen molar-refractivity contribution in [2.45, 2.75) is 40.5 Å². The molecule has 0 aliphatic heterocycles. The molecule has 0 fully saturated rings. The van der Waals surface area contributed by atoms with Gasteiger partial charge in [-0.2, -0.15) is 4.98 Å². The summed E-state index contributed by atoms with van der Waals surface area (Å²) in [5.74, 6) is 2.07. The second-order valence-electron chi connectivity index (χ2n) is 4.98. The van der Waals surface area contributed by atoms with Gasteiger partial charge in [0, 0.05) is 12.0 Å². The van der Waals surface area contributed by atoms with Crippen molar-refractivity contribution in [1.82, 2.24) is 9.97 Å². The van der Waals surface area contributed by atoms with E-state index >= 15 is 0 Å². The van der Waals surface area contributed by atoms with E-state index in [1.54, 1.807) is 0 Å². The molecule has 3 nitrogen and oxygen atoms in total. The summed E-state index contributed by atoms with van der Waals surface area (Å²) in [5.41, 5.74) is 3.06. The van der Waals surface area contributed by atoms with Crippen LogP contribution in [0.2, 0.25) is 5.15 Å². The van der Waals surface area contributed by atoms with Gasteiger partial charge in [-0.15, -0.1) is 0 Å². The minimum Gasteiger partial charge on any atom is -0.438 e. The fourth-order valence-electron chi connectivity index (χ4n) is 1.96. The van der Waals surface area contributed by atoms with Crippen LogP contribution in [0.5, 0.6) is 11.6 Å². The van der Waals surface area contributed by atoms with Crippen LogP contribution in [-0.2, 0) is 6.42 Å². The second-order valence-corrected chi connectivity index (χ2v) is 5.34. The Bertz CT molecular complexity index is 626. The highest BCUT2D eigenvalue weighted by molar-refractivity contribution is 6.30. The lowest BCUT2D eigenvalue weighted by molar-refractivity contribution is 0.450. The average Bonchev–Trinajstić information content (AvgIpc) is 2.39. The summed E-state index contributed by atoms with van der Waals surface area (Å²) < 4.78 is 5.93. The number of aromatic nitrogens is 2. The summed E-state index contributed by atoms with van der Waals surface area (Å²) in [6, 6.07) is 6.06. The molecule has 0 N–H and O–H groups in total. The van der Waals surface area contributed by atoms with Gasteiger partial charge in [-0.05, 0) is 38.8 Å². The molecule has 20 heavy (non-hydrogen) atoms. The molecular weight excluding hydrogens is 272 g/mol. The number of ether oxygens (including phenoxy) is 1. The average molecular weight is 291 g/mol. The van der Waals surface area contributed by atoms with Crippen molar-refractivity contribution in [3.63, 3.8) is 0 Å². The van der Waals surface area contributed by atoms with E-state index in [4.69, 9.17) is 16.3 Å². The Morgan fingerprint density at radius 3 is 2.55 bits per heavy atom. The highest BCUT2D eigenvalue weighted by Crippen LogP contribution is 2.29. The lowest BCUT2D eigenvalue weighted by Crippen LogP contribution is -2.01. The van der Waals surface area contributed by atoms with Crippen LogP contribution in [0.1, 0.15) is 35.9 Å². The monoisotopic (exact) mass is 290 g/mol. The Hall–Kier alpha value is -1.61. The van der Waals surface area contributed by atoms with Gasteiger partial charge in [0.15, 0.2) is 0 Å². The number of halogens is 1. The number of rotatable bonds is 4. The van der Waals surface area contributed by atoms with Crippen LogP contribution in [0.3, 0.4) is 0 Å². The molecule has 0 aliphatic rings. The van der Waals surface area contributed by atoms with Crippen molar-refractivity contribution in [3.8, 4) is 11.6 Å². The molecule has 0 spiro atoms. The van der Waals surface area contributed by atoms with E-state index in [1.165, 1.54) is 5.56 Å². The van der Waals surface area contributed by atoms with Crippen LogP contribution >= 0.6 is 11.6 Å². The first-order chi connectivity index (χ1) is 9.51. The van der Waals surface area contributed by atoms with E-state index in [1.807, 2.05) is 26.0 Å². The smallest absolute Gasteiger partial charge is 0.227 e. The summed E-state index contributed by atoms with van der Waals surface area (Å²) in [6.07, 6.45) is 1.77. The number of nitrogens with zero attached hydrogens (tertiary/aromatic N) is 2. The molecule has 0 amide bonds. The predicted octanol–water partition coefficient (Wildman–Crippen LogP) is 4.80. The molecule has 2 aromatic rings. The predicted molar refractivity (Wildman–Crippen MR) is 81.8 cm³/mol. The maximum absolute atomic E-state index is 6.15. The van der Waals surface area contributed by atoms with Crippen molar-refractivity contribution < 1.29 is 4.74 Å². The first-order valence-corrected chi connectivity index (χ1v) is 7.17. The van der Waals surface area contributed by atoms with Gasteiger partial charge in [-0.25, -0.2) is 4.98 Å². The van der Waals surface area contributed by atoms with Gasteiger partial charge in [0.05, 0.1) is 0 Å². The highest BCUT2D eigenvalue weighted by Gasteiger charge is 2.12. The van der Waals surface area contributed by atoms with Crippen LogP contribution in [0.25, 0.3) is 0 Å². The maximum atomic E-state index is 6.15. The van der Waals surface area contributed by atoms with Gasteiger partial charge in [-0.3, -0.25) is 0 Å². The molecule has 0 aliphatic carbocycles. The normalized spacial score (nSPS) is 10.7. The van der Waals surface area contributed by atoms with Crippen LogP contribution in [0.4, 0.5) is 0 Å². The van der Waals surface area contributed by atoms with E-state index < -0.39 is 0 Å². The van der Waals surface area contributed by atoms with Gasteiger partial charge < -0.3 is 4.74 Å². The van der Waals surface area contributed by atoms with E-state index in [0.717, 1.165) is 35.5 Å². The second kappa shape index (κ2) is 6.23. The van der Waals surface area contributed by atoms with Crippen molar-refractivity contribution in [3.05, 3.63) is 45.9 Å². The van der Waals surface area contributed by atoms with Gasteiger partial charge >= 0.3 is 0 Å². The minimum absolute atomic E-state index is 0.461. The van der Waals surface area contributed by atoms with E-state index in [-0.39, 0.29) is 0 Å². The van der Waals surface area contributed by atoms with Crippen molar-refractivity contribution in [1.29, 1.82) is 0 Å². The Kier molecular flexibility index (Phi) is 4.61. The number of aryl methyl sites for hydroxylation is 3. The van der Waals surface area contributed by atoms with Gasteiger partial charge in [0.2, 0.25) is 5.88 Å². The Balaban J connectivity index is 2.37. The topological polar surface area (TPSA) is 35.0 Å². The first-order valence-electron chi connectivity index (χ1n) is 6.79. The van der Waals surface area contributed by atoms with E-state index in [9.17, 15) is 0 Å². The Morgan fingerprint density at radius 2 is 1.90 bits per heavy atom. The maximum Gasteiger partial charge on any atom is 0.227 e. The Morgan fingerprint density at radius 1 is 1.15 bits per heavy atom. The molecule has 0 saturated heterocycles. The lowest BCUT2D eigenvalue weighted by atomic mass is 10.1. The van der Waals surface area contributed by atoms with Crippen molar-refractivity contribution in [2.75, 3.05) is 0 Å². The molecule has 1 aromatic heterocycles. The summed E-state index contributed by atoms with van der Waals surface area (Å²) >= 11 is 6.15.